The van der Waals surface area contributed by atoms with Crippen LogP contribution in [0.5, 0.6) is 0 Å². The van der Waals surface area contributed by atoms with Crippen molar-refractivity contribution in [2.24, 2.45) is 0 Å². The summed E-state index contributed by atoms with van der Waals surface area (Å²) in [5, 5.41) is 11.0. The molecule has 1 aliphatic heterocycles. The highest BCUT2D eigenvalue weighted by atomic mass is 79.9. The molecule has 1 aliphatic rings. The molecule has 108 valence electrons. The highest BCUT2D eigenvalue weighted by Gasteiger charge is 2.32. The molecule has 1 aromatic carbocycles. The van der Waals surface area contributed by atoms with Crippen LogP contribution < -0.4 is 0 Å². The van der Waals surface area contributed by atoms with Gasteiger partial charge in [0.1, 0.15) is 0 Å². The van der Waals surface area contributed by atoms with Crippen LogP contribution in [-0.2, 0) is 10.0 Å². The average Bonchev–Trinajstić information content (AvgIpc) is 2.38. The van der Waals surface area contributed by atoms with Gasteiger partial charge in [0.15, 0.2) is 4.90 Å². The fraction of sp³-hybridized carbons (Fsp3) is 0.333. The molecule has 0 saturated heterocycles. The second-order valence-corrected chi connectivity index (χ2v) is 7.37. The van der Waals surface area contributed by atoms with Gasteiger partial charge in [0.25, 0.3) is 5.69 Å². The first-order valence-electron chi connectivity index (χ1n) is 5.92. The average molecular weight is 361 g/mol. The number of nitro benzene ring substituents is 1. The molecule has 1 heterocycles. The van der Waals surface area contributed by atoms with E-state index in [4.69, 9.17) is 0 Å². The zero-order valence-electron chi connectivity index (χ0n) is 10.7. The van der Waals surface area contributed by atoms with Crippen LogP contribution in [0.25, 0.3) is 0 Å². The Bertz CT molecular complexity index is 685. The van der Waals surface area contributed by atoms with Crippen molar-refractivity contribution in [1.82, 2.24) is 4.31 Å². The topological polar surface area (TPSA) is 80.5 Å². The second-order valence-electron chi connectivity index (χ2n) is 4.55. The lowest BCUT2D eigenvalue weighted by Gasteiger charge is -2.25. The van der Waals surface area contributed by atoms with Crippen LogP contribution >= 0.6 is 15.9 Å². The molecule has 8 heteroatoms. The first-order chi connectivity index (χ1) is 9.32. The van der Waals surface area contributed by atoms with E-state index in [0.717, 1.165) is 5.57 Å². The molecule has 0 aliphatic carbocycles. The SMILES string of the molecule is CC1=CCCN(S(=O)(=O)c2cc(Br)ccc2[N+](=O)[O-])C1. The zero-order valence-corrected chi connectivity index (χ0v) is 13.1. The van der Waals surface area contributed by atoms with Gasteiger partial charge in [-0.15, -0.1) is 0 Å². The summed E-state index contributed by atoms with van der Waals surface area (Å²) in [5.41, 5.74) is 0.540. The number of sulfonamides is 1. The van der Waals surface area contributed by atoms with Crippen molar-refractivity contribution in [2.75, 3.05) is 13.1 Å². The number of hydrogen-bond donors (Lipinski definition) is 0. The van der Waals surface area contributed by atoms with Gasteiger partial charge in [0, 0.05) is 23.6 Å². The molecule has 0 fully saturated rings. The molecule has 2 rings (SSSR count). The normalized spacial score (nSPS) is 16.8. The Kier molecular flexibility index (Phi) is 4.26. The van der Waals surface area contributed by atoms with E-state index in [1.54, 1.807) is 0 Å². The van der Waals surface area contributed by atoms with Crippen molar-refractivity contribution in [3.8, 4) is 0 Å². The number of rotatable bonds is 3. The second kappa shape index (κ2) is 5.63. The molecule has 6 nitrogen and oxygen atoms in total. The summed E-state index contributed by atoms with van der Waals surface area (Å²) in [7, 11) is -3.87. The molecule has 0 spiro atoms. The van der Waals surface area contributed by atoms with E-state index in [-0.39, 0.29) is 11.4 Å². The van der Waals surface area contributed by atoms with Crippen LogP contribution in [0, 0.1) is 10.1 Å². The Morgan fingerprint density at radius 3 is 2.70 bits per heavy atom. The minimum absolute atomic E-state index is 0.270. The lowest BCUT2D eigenvalue weighted by molar-refractivity contribution is -0.387. The smallest absolute Gasteiger partial charge is 0.258 e. The first-order valence-corrected chi connectivity index (χ1v) is 8.15. The summed E-state index contributed by atoms with van der Waals surface area (Å²) < 4.78 is 26.9. The fourth-order valence-electron chi connectivity index (χ4n) is 2.07. The lowest BCUT2D eigenvalue weighted by atomic mass is 10.2. The molecule has 0 bridgehead atoms. The summed E-state index contributed by atoms with van der Waals surface area (Å²) in [5.74, 6) is 0. The third kappa shape index (κ3) is 2.92. The van der Waals surface area contributed by atoms with E-state index in [0.29, 0.717) is 17.4 Å². The predicted octanol–water partition coefficient (Wildman–Crippen LogP) is 2.70. The maximum absolute atomic E-state index is 12.6. The van der Waals surface area contributed by atoms with Gasteiger partial charge < -0.3 is 0 Å². The van der Waals surface area contributed by atoms with Crippen molar-refractivity contribution in [1.29, 1.82) is 0 Å². The van der Waals surface area contributed by atoms with Crippen LogP contribution in [0.1, 0.15) is 13.3 Å². The molecule has 0 N–H and O–H groups in total. The molecule has 20 heavy (non-hydrogen) atoms. The van der Waals surface area contributed by atoms with Gasteiger partial charge in [-0.2, -0.15) is 4.31 Å². The number of benzene rings is 1. The molecule has 0 atom stereocenters. The van der Waals surface area contributed by atoms with Crippen molar-refractivity contribution < 1.29 is 13.3 Å². The Morgan fingerprint density at radius 2 is 2.10 bits per heavy atom. The van der Waals surface area contributed by atoms with E-state index >= 15 is 0 Å². The monoisotopic (exact) mass is 360 g/mol. The predicted molar refractivity (Wildman–Crippen MR) is 77.9 cm³/mol. The minimum Gasteiger partial charge on any atom is -0.258 e. The van der Waals surface area contributed by atoms with Gasteiger partial charge in [-0.1, -0.05) is 27.6 Å². The Hall–Kier alpha value is -1.25. The van der Waals surface area contributed by atoms with Crippen molar-refractivity contribution in [3.63, 3.8) is 0 Å². The van der Waals surface area contributed by atoms with Crippen LogP contribution in [0.4, 0.5) is 5.69 Å². The van der Waals surface area contributed by atoms with Crippen molar-refractivity contribution in [3.05, 3.63) is 44.4 Å². The van der Waals surface area contributed by atoms with E-state index in [2.05, 4.69) is 15.9 Å². The van der Waals surface area contributed by atoms with Crippen LogP contribution in [0.2, 0.25) is 0 Å². The zero-order chi connectivity index (χ0) is 14.9. The molecule has 0 aromatic heterocycles. The number of nitrogens with zero attached hydrogens (tertiary/aromatic N) is 2. The third-order valence-corrected chi connectivity index (χ3v) is 5.40. The Morgan fingerprint density at radius 1 is 1.40 bits per heavy atom. The highest BCUT2D eigenvalue weighted by Crippen LogP contribution is 2.30. The molecular formula is C12H13BrN2O4S. The number of hydrogen-bond acceptors (Lipinski definition) is 4. The van der Waals surface area contributed by atoms with E-state index in [9.17, 15) is 18.5 Å². The van der Waals surface area contributed by atoms with E-state index < -0.39 is 20.6 Å². The summed E-state index contributed by atoms with van der Waals surface area (Å²) >= 11 is 3.16. The quantitative estimate of drug-likeness (QED) is 0.471. The Labute approximate surface area is 125 Å². The first kappa shape index (κ1) is 15.1. The fourth-order valence-corrected chi connectivity index (χ4v) is 4.26. The molecule has 1 aromatic rings. The van der Waals surface area contributed by atoms with E-state index in [1.807, 2.05) is 13.0 Å². The van der Waals surface area contributed by atoms with Crippen molar-refractivity contribution >= 4 is 31.6 Å². The molecule has 0 unspecified atom stereocenters. The van der Waals surface area contributed by atoms with Gasteiger partial charge >= 0.3 is 0 Å². The van der Waals surface area contributed by atoms with E-state index in [1.165, 1.54) is 22.5 Å². The third-order valence-electron chi connectivity index (χ3n) is 3.03. The van der Waals surface area contributed by atoms with Gasteiger partial charge in [-0.05, 0) is 25.5 Å². The lowest BCUT2D eigenvalue weighted by Crippen LogP contribution is -2.35. The van der Waals surface area contributed by atoms with Gasteiger partial charge in [-0.3, -0.25) is 10.1 Å². The van der Waals surface area contributed by atoms with Crippen LogP contribution in [0.3, 0.4) is 0 Å². The summed E-state index contributed by atoms with van der Waals surface area (Å²) in [6, 6.07) is 3.93. The van der Waals surface area contributed by atoms with Crippen LogP contribution in [-0.4, -0.2) is 30.7 Å². The summed E-state index contributed by atoms with van der Waals surface area (Å²) in [6.45, 7) is 2.45. The summed E-state index contributed by atoms with van der Waals surface area (Å²) in [4.78, 5) is 10.1. The van der Waals surface area contributed by atoms with Gasteiger partial charge in [0.2, 0.25) is 10.0 Å². The number of nitro groups is 1. The maximum Gasteiger partial charge on any atom is 0.289 e. The Balaban J connectivity index is 2.52. The highest BCUT2D eigenvalue weighted by molar-refractivity contribution is 9.10. The van der Waals surface area contributed by atoms with Crippen LogP contribution in [0.15, 0.2) is 39.2 Å². The largest absolute Gasteiger partial charge is 0.289 e. The standard InChI is InChI=1S/C12H13BrN2O4S/c1-9-3-2-6-14(8-9)20(18,19)12-7-10(13)4-5-11(12)15(16)17/h3-5,7H,2,6,8H2,1H3. The molecule has 0 amide bonds. The number of halogens is 1. The maximum atomic E-state index is 12.6. The van der Waals surface area contributed by atoms with Gasteiger partial charge in [0.05, 0.1) is 4.92 Å². The minimum atomic E-state index is -3.87. The summed E-state index contributed by atoms with van der Waals surface area (Å²) in [6.07, 6.45) is 2.59. The molecule has 0 radical (unpaired) electrons. The molecule has 0 saturated carbocycles. The van der Waals surface area contributed by atoms with Gasteiger partial charge in [-0.25, -0.2) is 8.42 Å². The van der Waals surface area contributed by atoms with Crippen molar-refractivity contribution in [2.45, 2.75) is 18.2 Å². The molecular weight excluding hydrogens is 348 g/mol.